The molecule has 0 fully saturated rings. The summed E-state index contributed by atoms with van der Waals surface area (Å²) in [4.78, 5) is 0. The number of rotatable bonds is 5. The van der Waals surface area contributed by atoms with Crippen LogP contribution in [-0.4, -0.2) is 4.57 Å². The number of para-hydroxylation sites is 2. The van der Waals surface area contributed by atoms with Gasteiger partial charge in [0, 0.05) is 27.2 Å². The maximum absolute atomic E-state index is 6.14. The topological polar surface area (TPSA) is 18.1 Å². The van der Waals surface area contributed by atoms with Crippen molar-refractivity contribution in [2.24, 2.45) is 0 Å². The summed E-state index contributed by atoms with van der Waals surface area (Å²) in [6.07, 6.45) is 0. The lowest BCUT2D eigenvalue weighted by atomic mass is 9.85. The molecule has 0 aliphatic carbocycles. The van der Waals surface area contributed by atoms with Crippen LogP contribution in [0.3, 0.4) is 0 Å². The number of nitrogens with zero attached hydrogens (tertiary/aromatic N) is 1. The second kappa shape index (κ2) is 12.9. The van der Waals surface area contributed by atoms with E-state index in [2.05, 4.69) is 205 Å². The molecule has 0 radical (unpaired) electrons. The van der Waals surface area contributed by atoms with Crippen LogP contribution in [0.2, 0.25) is 0 Å². The van der Waals surface area contributed by atoms with E-state index < -0.39 is 0 Å². The molecule has 0 amide bonds. The van der Waals surface area contributed by atoms with Crippen molar-refractivity contribution in [3.63, 3.8) is 0 Å². The Bertz CT molecular complexity index is 3540. The molecule has 0 saturated heterocycles. The van der Waals surface area contributed by atoms with Crippen molar-refractivity contribution < 1.29 is 4.42 Å². The minimum absolute atomic E-state index is 0.913. The average molecular weight is 738 g/mol. The van der Waals surface area contributed by atoms with E-state index in [1.165, 1.54) is 87.9 Å². The Morgan fingerprint density at radius 2 is 0.724 bits per heavy atom. The van der Waals surface area contributed by atoms with Gasteiger partial charge < -0.3 is 8.98 Å². The lowest BCUT2D eigenvalue weighted by molar-refractivity contribution is 0.669. The summed E-state index contributed by atoms with van der Waals surface area (Å²) in [5, 5.41) is 9.76. The molecule has 0 bridgehead atoms. The van der Waals surface area contributed by atoms with E-state index in [0.717, 1.165) is 27.6 Å². The van der Waals surface area contributed by atoms with Gasteiger partial charge in [-0.3, -0.25) is 0 Å². The molecule has 2 heteroatoms. The second-order valence-corrected chi connectivity index (χ2v) is 15.2. The van der Waals surface area contributed by atoms with E-state index in [4.69, 9.17) is 4.42 Å². The zero-order chi connectivity index (χ0) is 38.2. The summed E-state index contributed by atoms with van der Waals surface area (Å²) < 4.78 is 8.55. The number of furan rings is 1. The number of hydrogen-bond donors (Lipinski definition) is 0. The van der Waals surface area contributed by atoms with Crippen LogP contribution in [0, 0.1) is 0 Å². The largest absolute Gasteiger partial charge is 0.456 e. The van der Waals surface area contributed by atoms with Crippen LogP contribution in [-0.2, 0) is 0 Å². The van der Waals surface area contributed by atoms with Crippen molar-refractivity contribution in [2.45, 2.75) is 0 Å². The maximum atomic E-state index is 6.14. The summed E-state index contributed by atoms with van der Waals surface area (Å²) in [5.74, 6) is 0. The fourth-order valence-electron chi connectivity index (χ4n) is 9.33. The van der Waals surface area contributed by atoms with E-state index in [1.54, 1.807) is 0 Å². The summed E-state index contributed by atoms with van der Waals surface area (Å²) >= 11 is 0. The van der Waals surface area contributed by atoms with Crippen molar-refractivity contribution in [2.75, 3.05) is 0 Å². The van der Waals surface area contributed by atoms with Crippen LogP contribution in [0.25, 0.3) is 115 Å². The van der Waals surface area contributed by atoms with Crippen molar-refractivity contribution in [1.29, 1.82) is 0 Å². The molecule has 0 aliphatic heterocycles. The molecule has 0 unspecified atom stereocenters. The maximum Gasteiger partial charge on any atom is 0.135 e. The minimum Gasteiger partial charge on any atom is -0.456 e. The summed E-state index contributed by atoms with van der Waals surface area (Å²) in [7, 11) is 0. The Kier molecular flexibility index (Phi) is 7.26. The Morgan fingerprint density at radius 3 is 1.48 bits per heavy atom. The highest BCUT2D eigenvalue weighted by Gasteiger charge is 2.19. The Balaban J connectivity index is 1.02. The van der Waals surface area contributed by atoms with Crippen LogP contribution >= 0.6 is 0 Å². The highest BCUT2D eigenvalue weighted by atomic mass is 16.3. The molecule has 10 aromatic carbocycles. The molecule has 0 atom stereocenters. The average Bonchev–Trinajstić information content (AvgIpc) is 3.84. The fraction of sp³-hybridized carbons (Fsp3) is 0. The van der Waals surface area contributed by atoms with Gasteiger partial charge >= 0.3 is 0 Å². The number of fused-ring (bicyclic) bond motifs is 8. The van der Waals surface area contributed by atoms with E-state index >= 15 is 0 Å². The summed E-state index contributed by atoms with van der Waals surface area (Å²) in [6.45, 7) is 0. The van der Waals surface area contributed by atoms with Crippen LogP contribution in [0.15, 0.2) is 217 Å². The first-order valence-corrected chi connectivity index (χ1v) is 19.9. The molecule has 12 rings (SSSR count). The van der Waals surface area contributed by atoms with Gasteiger partial charge in [-0.15, -0.1) is 0 Å². The van der Waals surface area contributed by atoms with Gasteiger partial charge in [-0.05, 0) is 121 Å². The normalized spacial score (nSPS) is 11.8. The fourth-order valence-corrected chi connectivity index (χ4v) is 9.33. The van der Waals surface area contributed by atoms with Crippen molar-refractivity contribution in [3.8, 4) is 50.2 Å². The molecule has 2 aromatic heterocycles. The highest BCUT2D eigenvalue weighted by Crippen LogP contribution is 2.45. The lowest BCUT2D eigenvalue weighted by Crippen LogP contribution is -1.95. The van der Waals surface area contributed by atoms with Crippen LogP contribution in [0.1, 0.15) is 0 Å². The smallest absolute Gasteiger partial charge is 0.135 e. The Morgan fingerprint density at radius 1 is 0.259 bits per heavy atom. The van der Waals surface area contributed by atoms with Crippen LogP contribution in [0.4, 0.5) is 0 Å². The molecule has 12 aromatic rings. The zero-order valence-corrected chi connectivity index (χ0v) is 31.6. The van der Waals surface area contributed by atoms with E-state index in [1.807, 2.05) is 12.1 Å². The molecule has 270 valence electrons. The Hall–Kier alpha value is -7.68. The SMILES string of the molecule is c1ccc(-c2ccc3c(-c4ccc(-n5c6ccccc6c6cc(-c7ccc8oc9ccccc9c8c7)ccc65)cc4)c4ccccc4c(-c4ccccc4)c3c2)cc1. The number of benzene rings is 10. The standard InChI is InChI=1S/C56H35NO/c1-3-13-36(14-4-1)39-25-30-47-50(35-39)56(37-15-5-2-6-16-37)46-20-8-7-19-45(46)55(47)38-23-28-42(29-24-38)57-51-21-11-9-17-43(51)48-33-40(26-31-52(48)57)41-27-32-54-49(34-41)44-18-10-12-22-53(44)58-54/h1-35H. The van der Waals surface area contributed by atoms with Crippen molar-refractivity contribution >= 4 is 65.3 Å². The molecule has 2 nitrogen and oxygen atoms in total. The first-order chi connectivity index (χ1) is 28.8. The minimum atomic E-state index is 0.913. The molecular weight excluding hydrogens is 703 g/mol. The molecule has 0 saturated carbocycles. The van der Waals surface area contributed by atoms with Crippen LogP contribution < -0.4 is 0 Å². The molecule has 0 spiro atoms. The quantitative estimate of drug-likeness (QED) is 0.161. The molecule has 58 heavy (non-hydrogen) atoms. The number of aromatic nitrogens is 1. The van der Waals surface area contributed by atoms with Gasteiger partial charge in [0.2, 0.25) is 0 Å². The highest BCUT2D eigenvalue weighted by molar-refractivity contribution is 6.22. The lowest BCUT2D eigenvalue weighted by Gasteiger charge is -2.19. The summed E-state index contributed by atoms with van der Waals surface area (Å²) in [5.41, 5.74) is 15.1. The molecule has 2 heterocycles. The van der Waals surface area contributed by atoms with Gasteiger partial charge in [0.05, 0.1) is 11.0 Å². The van der Waals surface area contributed by atoms with Gasteiger partial charge in [-0.2, -0.15) is 0 Å². The second-order valence-electron chi connectivity index (χ2n) is 15.2. The third-order valence-corrected chi connectivity index (χ3v) is 12.0. The monoisotopic (exact) mass is 737 g/mol. The van der Waals surface area contributed by atoms with Crippen LogP contribution in [0.5, 0.6) is 0 Å². The Labute approximate surface area is 335 Å². The first-order valence-electron chi connectivity index (χ1n) is 19.9. The predicted octanol–water partition coefficient (Wildman–Crippen LogP) is 15.7. The third-order valence-electron chi connectivity index (χ3n) is 12.0. The van der Waals surface area contributed by atoms with E-state index in [9.17, 15) is 0 Å². The molecular formula is C56H35NO. The number of hydrogen-bond acceptors (Lipinski definition) is 1. The van der Waals surface area contributed by atoms with E-state index in [0.29, 0.717) is 0 Å². The molecule has 0 aliphatic rings. The van der Waals surface area contributed by atoms with Gasteiger partial charge in [0.15, 0.2) is 0 Å². The van der Waals surface area contributed by atoms with Gasteiger partial charge in [-0.25, -0.2) is 0 Å². The zero-order valence-electron chi connectivity index (χ0n) is 31.6. The van der Waals surface area contributed by atoms with Crippen molar-refractivity contribution in [3.05, 3.63) is 212 Å². The van der Waals surface area contributed by atoms with Gasteiger partial charge in [0.1, 0.15) is 11.2 Å². The third kappa shape index (κ3) is 5.05. The van der Waals surface area contributed by atoms with Gasteiger partial charge in [-0.1, -0.05) is 158 Å². The van der Waals surface area contributed by atoms with E-state index in [-0.39, 0.29) is 0 Å². The van der Waals surface area contributed by atoms with Gasteiger partial charge in [0.25, 0.3) is 0 Å². The molecule has 0 N–H and O–H groups in total. The first kappa shape index (κ1) is 32.6. The predicted molar refractivity (Wildman–Crippen MR) is 245 cm³/mol. The van der Waals surface area contributed by atoms with Crippen molar-refractivity contribution in [1.82, 2.24) is 4.57 Å². The summed E-state index contributed by atoms with van der Waals surface area (Å²) in [6, 6.07) is 77.1.